The summed E-state index contributed by atoms with van der Waals surface area (Å²) in [6.07, 6.45) is 5.83. The van der Waals surface area contributed by atoms with Gasteiger partial charge in [-0.15, -0.1) is 10.2 Å². The molecule has 0 N–H and O–H groups in total. The van der Waals surface area contributed by atoms with Gasteiger partial charge in [0.2, 0.25) is 11.7 Å². The molecule has 1 saturated heterocycles. The van der Waals surface area contributed by atoms with Crippen molar-refractivity contribution in [1.82, 2.24) is 25.1 Å². The second-order valence-corrected chi connectivity index (χ2v) is 7.56. The molecule has 3 heterocycles. The lowest BCUT2D eigenvalue weighted by molar-refractivity contribution is -0.133. The van der Waals surface area contributed by atoms with Crippen LogP contribution in [0.1, 0.15) is 31.7 Å². The highest BCUT2D eigenvalue weighted by Gasteiger charge is 2.23. The molecule has 1 amide bonds. The Morgan fingerprint density at radius 2 is 2.00 bits per heavy atom. The van der Waals surface area contributed by atoms with Gasteiger partial charge in [0.15, 0.2) is 5.76 Å². The number of likely N-dealkylation sites (tertiary alicyclic amines) is 1. The molecule has 0 atom stereocenters. The average Bonchev–Trinajstić information content (AvgIpc) is 3.46. The first-order valence-electron chi connectivity index (χ1n) is 10.5. The fourth-order valence-corrected chi connectivity index (χ4v) is 3.80. The van der Waals surface area contributed by atoms with Crippen LogP contribution in [0.25, 0.3) is 11.6 Å². The van der Waals surface area contributed by atoms with Gasteiger partial charge in [0, 0.05) is 13.1 Å². The molecule has 1 fully saturated rings. The summed E-state index contributed by atoms with van der Waals surface area (Å²) in [5, 5.41) is 12.1. The summed E-state index contributed by atoms with van der Waals surface area (Å²) in [5.41, 5.74) is 1.33. The number of hydrogen-bond acceptors (Lipinski definition) is 6. The highest BCUT2D eigenvalue weighted by molar-refractivity contribution is 5.75. The van der Waals surface area contributed by atoms with E-state index in [1.54, 1.807) is 18.4 Å². The molecule has 0 bridgehead atoms. The third-order valence-corrected chi connectivity index (χ3v) is 5.51. The molecule has 8 heteroatoms. The number of tetrazole rings is 1. The number of nitrogens with zero attached hydrogens (tertiary/aromatic N) is 5. The maximum absolute atomic E-state index is 12.6. The normalized spacial score (nSPS) is 14.8. The predicted octanol–water partition coefficient (Wildman–Crippen LogP) is 3.20. The summed E-state index contributed by atoms with van der Waals surface area (Å²) < 4.78 is 10.8. The number of carbonyl (C=O) groups is 1. The first kappa shape index (κ1) is 20.1. The highest BCUT2D eigenvalue weighted by atomic mass is 16.5. The van der Waals surface area contributed by atoms with Gasteiger partial charge in [-0.2, -0.15) is 4.80 Å². The van der Waals surface area contributed by atoms with E-state index in [0.717, 1.165) is 44.5 Å². The van der Waals surface area contributed by atoms with Crippen molar-refractivity contribution in [2.45, 2.75) is 39.2 Å². The van der Waals surface area contributed by atoms with E-state index in [9.17, 15) is 4.79 Å². The van der Waals surface area contributed by atoms with E-state index < -0.39 is 0 Å². The number of hydrogen-bond donors (Lipinski definition) is 0. The highest BCUT2D eigenvalue weighted by Crippen LogP contribution is 2.23. The standard InChI is InChI=1S/C22H27N5O3/c1-2-29-19-9-7-17(8-10-19)5-6-18-11-13-26(14-12-18)21(28)16-27-24-22(23-25-27)20-4-3-15-30-20/h3-4,7-10,15,18H,2,5-6,11-14,16H2,1H3. The van der Waals surface area contributed by atoms with Crippen molar-refractivity contribution in [2.75, 3.05) is 19.7 Å². The largest absolute Gasteiger partial charge is 0.494 e. The van der Waals surface area contributed by atoms with Gasteiger partial charge in [0.1, 0.15) is 12.3 Å². The Morgan fingerprint density at radius 3 is 2.70 bits per heavy atom. The van der Waals surface area contributed by atoms with Crippen molar-refractivity contribution in [2.24, 2.45) is 5.92 Å². The quantitative estimate of drug-likeness (QED) is 0.568. The molecule has 0 spiro atoms. The maximum Gasteiger partial charge on any atom is 0.246 e. The second-order valence-electron chi connectivity index (χ2n) is 7.56. The molecule has 158 valence electrons. The molecule has 0 unspecified atom stereocenters. The second kappa shape index (κ2) is 9.56. The van der Waals surface area contributed by atoms with Crippen LogP contribution in [-0.4, -0.2) is 50.7 Å². The third-order valence-electron chi connectivity index (χ3n) is 5.51. The number of benzene rings is 1. The summed E-state index contributed by atoms with van der Waals surface area (Å²) in [6.45, 7) is 4.35. The molecule has 1 aliphatic heterocycles. The third kappa shape index (κ3) is 5.06. The molecule has 0 radical (unpaired) electrons. The van der Waals surface area contributed by atoms with E-state index in [1.807, 2.05) is 24.0 Å². The van der Waals surface area contributed by atoms with Crippen molar-refractivity contribution in [1.29, 1.82) is 0 Å². The molecule has 8 nitrogen and oxygen atoms in total. The van der Waals surface area contributed by atoms with Crippen LogP contribution in [0, 0.1) is 5.92 Å². The van der Waals surface area contributed by atoms with Crippen LogP contribution in [0.5, 0.6) is 5.75 Å². The van der Waals surface area contributed by atoms with Gasteiger partial charge in [-0.25, -0.2) is 0 Å². The minimum atomic E-state index is 0.0309. The number of aryl methyl sites for hydroxylation is 1. The van der Waals surface area contributed by atoms with Crippen molar-refractivity contribution < 1.29 is 13.9 Å². The van der Waals surface area contributed by atoms with Crippen molar-refractivity contribution >= 4 is 5.91 Å². The zero-order chi connectivity index (χ0) is 20.8. The first-order chi connectivity index (χ1) is 14.7. The van der Waals surface area contributed by atoms with Gasteiger partial charge in [-0.3, -0.25) is 4.79 Å². The Bertz CT molecular complexity index is 928. The van der Waals surface area contributed by atoms with Crippen molar-refractivity contribution in [3.8, 4) is 17.3 Å². The lowest BCUT2D eigenvalue weighted by Gasteiger charge is -2.32. The van der Waals surface area contributed by atoms with Crippen molar-refractivity contribution in [3.05, 3.63) is 48.2 Å². The molecule has 30 heavy (non-hydrogen) atoms. The summed E-state index contributed by atoms with van der Waals surface area (Å²) in [7, 11) is 0. The molecule has 1 aromatic carbocycles. The zero-order valence-corrected chi connectivity index (χ0v) is 17.2. The lowest BCUT2D eigenvalue weighted by Crippen LogP contribution is -2.40. The van der Waals surface area contributed by atoms with Crippen molar-refractivity contribution in [3.63, 3.8) is 0 Å². The van der Waals surface area contributed by atoms with E-state index in [2.05, 4.69) is 27.5 Å². The predicted molar refractivity (Wildman–Crippen MR) is 111 cm³/mol. The molecule has 0 saturated carbocycles. The van der Waals surface area contributed by atoms with Gasteiger partial charge >= 0.3 is 0 Å². The van der Waals surface area contributed by atoms with E-state index in [0.29, 0.717) is 24.1 Å². The van der Waals surface area contributed by atoms with Crippen LogP contribution in [-0.2, 0) is 17.8 Å². The van der Waals surface area contributed by atoms with Gasteiger partial charge in [-0.05, 0) is 73.6 Å². The first-order valence-corrected chi connectivity index (χ1v) is 10.5. The summed E-state index contributed by atoms with van der Waals surface area (Å²) >= 11 is 0. The maximum atomic E-state index is 12.6. The number of carbonyl (C=O) groups excluding carboxylic acids is 1. The minimum Gasteiger partial charge on any atom is -0.494 e. The Hall–Kier alpha value is -3.16. The molecule has 1 aliphatic rings. The molecule has 0 aliphatic carbocycles. The number of aromatic nitrogens is 4. The van der Waals surface area contributed by atoms with Gasteiger partial charge in [-0.1, -0.05) is 12.1 Å². The zero-order valence-electron chi connectivity index (χ0n) is 17.2. The Kier molecular flexibility index (Phi) is 6.41. The van der Waals surface area contributed by atoms with Crippen LogP contribution in [0.15, 0.2) is 47.1 Å². The van der Waals surface area contributed by atoms with Crippen LogP contribution in [0.3, 0.4) is 0 Å². The topological polar surface area (TPSA) is 86.3 Å². The van der Waals surface area contributed by atoms with E-state index in [-0.39, 0.29) is 12.5 Å². The van der Waals surface area contributed by atoms with Gasteiger partial charge in [0.05, 0.1) is 12.9 Å². The lowest BCUT2D eigenvalue weighted by atomic mass is 9.90. The summed E-state index contributed by atoms with van der Waals surface area (Å²) in [6, 6.07) is 11.9. The van der Waals surface area contributed by atoms with Crippen LogP contribution >= 0.6 is 0 Å². The molecular formula is C22H27N5O3. The van der Waals surface area contributed by atoms with E-state index in [4.69, 9.17) is 9.15 Å². The fourth-order valence-electron chi connectivity index (χ4n) is 3.80. The monoisotopic (exact) mass is 409 g/mol. The Balaban J connectivity index is 1.21. The molecule has 3 aromatic rings. The SMILES string of the molecule is CCOc1ccc(CCC2CCN(C(=O)Cn3nnc(-c4ccco4)n3)CC2)cc1. The van der Waals surface area contributed by atoms with E-state index >= 15 is 0 Å². The summed E-state index contributed by atoms with van der Waals surface area (Å²) in [4.78, 5) is 15.8. The molecule has 4 rings (SSSR count). The molecule has 2 aromatic heterocycles. The van der Waals surface area contributed by atoms with Crippen LogP contribution in [0.2, 0.25) is 0 Å². The summed E-state index contributed by atoms with van der Waals surface area (Å²) in [5.74, 6) is 2.54. The van der Waals surface area contributed by atoms with Gasteiger partial charge < -0.3 is 14.1 Å². The Morgan fingerprint density at radius 1 is 1.20 bits per heavy atom. The number of piperidine rings is 1. The number of rotatable bonds is 8. The smallest absolute Gasteiger partial charge is 0.246 e. The van der Waals surface area contributed by atoms with Crippen LogP contribution < -0.4 is 4.74 Å². The molecular weight excluding hydrogens is 382 g/mol. The Labute approximate surface area is 175 Å². The van der Waals surface area contributed by atoms with Gasteiger partial charge in [0.25, 0.3) is 0 Å². The number of furan rings is 1. The van der Waals surface area contributed by atoms with Crippen LogP contribution in [0.4, 0.5) is 0 Å². The fraction of sp³-hybridized carbons (Fsp3) is 0.455. The average molecular weight is 409 g/mol. The number of amides is 1. The van der Waals surface area contributed by atoms with E-state index in [1.165, 1.54) is 10.4 Å². The number of ether oxygens (including phenoxy) is 1. The minimum absolute atomic E-state index is 0.0309.